The summed E-state index contributed by atoms with van der Waals surface area (Å²) in [7, 11) is 4.26. The van der Waals surface area contributed by atoms with Gasteiger partial charge in [-0.15, -0.1) is 0 Å². The van der Waals surface area contributed by atoms with Crippen LogP contribution in [0, 0.1) is 12.8 Å². The second kappa shape index (κ2) is 14.8. The number of piperidine rings is 1. The van der Waals surface area contributed by atoms with Crippen molar-refractivity contribution in [2.75, 3.05) is 46.8 Å². The summed E-state index contributed by atoms with van der Waals surface area (Å²) in [6, 6.07) is 11.3. The van der Waals surface area contributed by atoms with Crippen LogP contribution in [0.5, 0.6) is 0 Å². The van der Waals surface area contributed by atoms with Crippen LogP contribution in [0.4, 0.5) is 4.79 Å². The minimum absolute atomic E-state index is 0.00120. The van der Waals surface area contributed by atoms with Crippen molar-refractivity contribution in [1.82, 2.24) is 20.0 Å². The summed E-state index contributed by atoms with van der Waals surface area (Å²) in [5.74, 6) is 0.957. The van der Waals surface area contributed by atoms with Gasteiger partial charge in [-0.25, -0.2) is 4.79 Å². The van der Waals surface area contributed by atoms with E-state index in [1.54, 1.807) is 0 Å². The second-order valence-corrected chi connectivity index (χ2v) is 13.0. The van der Waals surface area contributed by atoms with Gasteiger partial charge in [0.25, 0.3) is 0 Å². The van der Waals surface area contributed by atoms with Gasteiger partial charge in [0.15, 0.2) is 0 Å². The molecular formula is C33H46Cl2N4O2. The lowest BCUT2D eigenvalue weighted by Crippen LogP contribution is -2.54. The smallest absolute Gasteiger partial charge is 0.318 e. The van der Waals surface area contributed by atoms with E-state index in [1.807, 2.05) is 41.0 Å². The Kier molecular flexibility index (Phi) is 11.4. The Hall–Kier alpha value is -2.28. The highest BCUT2D eigenvalue weighted by atomic mass is 35.5. The second-order valence-electron chi connectivity index (χ2n) is 12.2. The number of halogens is 2. The molecule has 0 spiro atoms. The van der Waals surface area contributed by atoms with Crippen LogP contribution >= 0.6 is 23.2 Å². The maximum absolute atomic E-state index is 13.9. The fourth-order valence-corrected chi connectivity index (χ4v) is 6.84. The first-order valence-corrected chi connectivity index (χ1v) is 15.9. The lowest BCUT2D eigenvalue weighted by atomic mass is 9.83. The number of carbonyl (C=O) groups is 2. The van der Waals surface area contributed by atoms with E-state index in [0.29, 0.717) is 36.4 Å². The van der Waals surface area contributed by atoms with Crippen molar-refractivity contribution in [3.05, 3.63) is 68.7 Å². The van der Waals surface area contributed by atoms with Crippen molar-refractivity contribution in [3.8, 4) is 0 Å². The molecule has 0 radical (unpaired) electrons. The van der Waals surface area contributed by atoms with Crippen molar-refractivity contribution >= 4 is 35.1 Å². The van der Waals surface area contributed by atoms with E-state index in [0.717, 1.165) is 74.3 Å². The fraction of sp³-hybridized carbons (Fsp3) is 0.576. The zero-order valence-corrected chi connectivity index (χ0v) is 26.6. The third-order valence-electron chi connectivity index (χ3n) is 8.78. The van der Waals surface area contributed by atoms with Gasteiger partial charge in [0, 0.05) is 49.2 Å². The number of nitrogens with zero attached hydrogens (tertiary/aromatic N) is 3. The van der Waals surface area contributed by atoms with Gasteiger partial charge in [-0.2, -0.15) is 0 Å². The van der Waals surface area contributed by atoms with Crippen LogP contribution in [0.15, 0.2) is 36.4 Å². The normalized spacial score (nSPS) is 17.6. The van der Waals surface area contributed by atoms with E-state index < -0.39 is 6.04 Å². The van der Waals surface area contributed by atoms with Crippen LogP contribution in [0.25, 0.3) is 0 Å². The van der Waals surface area contributed by atoms with Gasteiger partial charge in [0.1, 0.15) is 6.04 Å². The molecule has 1 N–H and O–H groups in total. The predicted octanol–water partition coefficient (Wildman–Crippen LogP) is 6.55. The zero-order valence-electron chi connectivity index (χ0n) is 25.1. The summed E-state index contributed by atoms with van der Waals surface area (Å²) in [6.07, 6.45) is 6.40. The molecule has 41 heavy (non-hydrogen) atoms. The first-order chi connectivity index (χ1) is 19.6. The molecule has 6 nitrogen and oxygen atoms in total. The van der Waals surface area contributed by atoms with Gasteiger partial charge in [0.05, 0.1) is 0 Å². The summed E-state index contributed by atoms with van der Waals surface area (Å²) >= 11 is 12.6. The third-order valence-corrected chi connectivity index (χ3v) is 9.25. The number of benzene rings is 2. The molecule has 0 saturated carbocycles. The molecule has 2 aromatic carbocycles. The van der Waals surface area contributed by atoms with E-state index in [-0.39, 0.29) is 11.9 Å². The van der Waals surface area contributed by atoms with E-state index in [2.05, 4.69) is 43.4 Å². The molecule has 2 aliphatic rings. The Morgan fingerprint density at radius 1 is 0.927 bits per heavy atom. The number of hydrogen-bond acceptors (Lipinski definition) is 3. The minimum Gasteiger partial charge on any atom is -0.341 e. The number of urea groups is 1. The maximum atomic E-state index is 13.9. The molecule has 4 rings (SSSR count). The summed E-state index contributed by atoms with van der Waals surface area (Å²) in [5, 5.41) is 4.55. The third kappa shape index (κ3) is 8.62. The van der Waals surface area contributed by atoms with Crippen LogP contribution in [0.3, 0.4) is 0 Å². The zero-order chi connectivity index (χ0) is 29.5. The number of hydrogen-bond donors (Lipinski definition) is 1. The van der Waals surface area contributed by atoms with E-state index in [9.17, 15) is 9.59 Å². The summed E-state index contributed by atoms with van der Waals surface area (Å²) < 4.78 is 0. The standard InChI is InChI=1S/C33H46Cl2N4O2/c1-5-24(22-37(3)4)19-27-20-29(35)10-11-30(27)25-12-16-38(17-13-25)32(40)31(36-33(41)39-14-6-7-15-39)21-26-8-9-28(34)18-23(26)2/h8-11,18,20,24-25,31H,5-7,12-17,19,21-22H2,1-4H3,(H,36,41)/t24-,31+/m0/s1. The van der Waals surface area contributed by atoms with Gasteiger partial charge in [-0.3, -0.25) is 4.79 Å². The Morgan fingerprint density at radius 3 is 2.22 bits per heavy atom. The predicted molar refractivity (Wildman–Crippen MR) is 169 cm³/mol. The van der Waals surface area contributed by atoms with Crippen LogP contribution in [-0.2, 0) is 17.6 Å². The van der Waals surface area contributed by atoms with Crippen LogP contribution < -0.4 is 5.32 Å². The largest absolute Gasteiger partial charge is 0.341 e. The molecule has 0 bridgehead atoms. The average Bonchev–Trinajstić information content (AvgIpc) is 3.49. The molecule has 3 amide bonds. The topological polar surface area (TPSA) is 55.9 Å². The number of aryl methyl sites for hydroxylation is 1. The van der Waals surface area contributed by atoms with Crippen molar-refractivity contribution in [2.45, 2.75) is 70.8 Å². The molecule has 0 aliphatic carbocycles. The molecule has 0 aromatic heterocycles. The van der Waals surface area contributed by atoms with Crippen LogP contribution in [-0.4, -0.2) is 79.5 Å². The molecule has 2 saturated heterocycles. The van der Waals surface area contributed by atoms with Gasteiger partial charge >= 0.3 is 6.03 Å². The molecule has 2 aromatic rings. The monoisotopic (exact) mass is 600 g/mol. The summed E-state index contributed by atoms with van der Waals surface area (Å²) in [5.41, 5.74) is 4.76. The number of likely N-dealkylation sites (tertiary alicyclic amines) is 2. The molecule has 2 fully saturated rings. The molecule has 2 atom stereocenters. The van der Waals surface area contributed by atoms with Crippen molar-refractivity contribution in [3.63, 3.8) is 0 Å². The van der Waals surface area contributed by atoms with Gasteiger partial charge in [-0.05, 0) is 111 Å². The Morgan fingerprint density at radius 2 is 1.59 bits per heavy atom. The Bertz CT molecular complexity index is 1190. The maximum Gasteiger partial charge on any atom is 0.318 e. The molecule has 2 aliphatic heterocycles. The highest BCUT2D eigenvalue weighted by molar-refractivity contribution is 6.30. The quantitative estimate of drug-likeness (QED) is 0.336. The SMILES string of the molecule is CC[C@@H](Cc1cc(Cl)ccc1C1CCN(C(=O)[C@@H](Cc2ccc(Cl)cc2C)NC(=O)N2CCCC2)CC1)CN(C)C. The molecular weight excluding hydrogens is 555 g/mol. The van der Waals surface area contributed by atoms with Gasteiger partial charge < -0.3 is 20.0 Å². The lowest BCUT2D eigenvalue weighted by molar-refractivity contribution is -0.134. The van der Waals surface area contributed by atoms with Crippen molar-refractivity contribution in [2.24, 2.45) is 5.92 Å². The van der Waals surface area contributed by atoms with Crippen molar-refractivity contribution < 1.29 is 9.59 Å². The first-order valence-electron chi connectivity index (χ1n) is 15.2. The van der Waals surface area contributed by atoms with Crippen molar-refractivity contribution in [1.29, 1.82) is 0 Å². The highest BCUT2D eigenvalue weighted by Crippen LogP contribution is 2.34. The van der Waals surface area contributed by atoms with E-state index >= 15 is 0 Å². The molecule has 8 heteroatoms. The number of rotatable bonds is 10. The summed E-state index contributed by atoms with van der Waals surface area (Å²) in [4.78, 5) is 33.0. The van der Waals surface area contributed by atoms with Crippen LogP contribution in [0.2, 0.25) is 10.0 Å². The molecule has 0 unspecified atom stereocenters. The van der Waals surface area contributed by atoms with Gasteiger partial charge in [0.2, 0.25) is 5.91 Å². The Balaban J connectivity index is 1.46. The highest BCUT2D eigenvalue weighted by Gasteiger charge is 2.32. The van der Waals surface area contributed by atoms with E-state index in [1.165, 1.54) is 11.1 Å². The number of amides is 3. The van der Waals surface area contributed by atoms with Crippen LogP contribution in [0.1, 0.15) is 67.2 Å². The molecule has 2 heterocycles. The minimum atomic E-state index is -0.609. The average molecular weight is 602 g/mol. The van der Waals surface area contributed by atoms with Gasteiger partial charge in [-0.1, -0.05) is 48.7 Å². The molecule has 224 valence electrons. The fourth-order valence-electron chi connectivity index (χ4n) is 6.41. The van der Waals surface area contributed by atoms with E-state index in [4.69, 9.17) is 23.2 Å². The Labute approximate surface area is 256 Å². The lowest BCUT2D eigenvalue weighted by Gasteiger charge is -2.36. The first kappa shape index (κ1) is 31.7. The summed E-state index contributed by atoms with van der Waals surface area (Å²) in [6.45, 7) is 8.15. The number of nitrogens with one attached hydrogen (secondary N) is 1. The number of carbonyl (C=O) groups excluding carboxylic acids is 2.